The fourth-order valence-corrected chi connectivity index (χ4v) is 2.83. The monoisotopic (exact) mass is 290 g/mol. The van der Waals surface area contributed by atoms with Crippen LogP contribution in [0.25, 0.3) is 0 Å². The number of hydrogen-bond donors (Lipinski definition) is 1. The van der Waals surface area contributed by atoms with Crippen LogP contribution in [-0.2, 0) is 4.74 Å². The van der Waals surface area contributed by atoms with Gasteiger partial charge >= 0.3 is 0 Å². The zero-order chi connectivity index (χ0) is 15.1. The van der Waals surface area contributed by atoms with E-state index in [2.05, 4.69) is 61.3 Å². The maximum Gasteiger partial charge on any atom is 0.0594 e. The van der Waals surface area contributed by atoms with Crippen LogP contribution < -0.4 is 5.32 Å². The van der Waals surface area contributed by atoms with E-state index in [1.807, 2.05) is 0 Å². The van der Waals surface area contributed by atoms with E-state index in [9.17, 15) is 0 Å². The van der Waals surface area contributed by atoms with Crippen molar-refractivity contribution in [3.63, 3.8) is 0 Å². The fourth-order valence-electron chi connectivity index (χ4n) is 2.83. The maximum absolute atomic E-state index is 5.40. The van der Waals surface area contributed by atoms with Gasteiger partial charge in [0.25, 0.3) is 0 Å². The largest absolute Gasteiger partial charge is 0.379 e. The second kappa shape index (κ2) is 7.92. The Bertz CT molecular complexity index is 393. The molecule has 118 valence electrons. The molecular formula is C18H30N2O. The van der Waals surface area contributed by atoms with Crippen molar-refractivity contribution in [1.82, 2.24) is 10.2 Å². The van der Waals surface area contributed by atoms with Crippen LogP contribution in [-0.4, -0.2) is 44.3 Å². The van der Waals surface area contributed by atoms with E-state index in [4.69, 9.17) is 4.74 Å². The quantitative estimate of drug-likeness (QED) is 0.871. The highest BCUT2D eigenvalue weighted by Gasteiger charge is 2.20. The van der Waals surface area contributed by atoms with Crippen LogP contribution in [0.15, 0.2) is 30.3 Å². The minimum Gasteiger partial charge on any atom is -0.379 e. The summed E-state index contributed by atoms with van der Waals surface area (Å²) in [7, 11) is 0. The molecule has 1 N–H and O–H groups in total. The molecule has 0 radical (unpaired) electrons. The first-order valence-corrected chi connectivity index (χ1v) is 8.13. The minimum absolute atomic E-state index is 0.326. The molecule has 1 aromatic carbocycles. The van der Waals surface area contributed by atoms with Gasteiger partial charge in [-0.2, -0.15) is 0 Å². The molecule has 3 heteroatoms. The Kier molecular flexibility index (Phi) is 6.22. The normalized spacial score (nSPS) is 18.6. The summed E-state index contributed by atoms with van der Waals surface area (Å²) < 4.78 is 5.40. The van der Waals surface area contributed by atoms with E-state index in [-0.39, 0.29) is 0 Å². The molecule has 1 aromatic rings. The van der Waals surface area contributed by atoms with Crippen molar-refractivity contribution in [2.24, 2.45) is 5.41 Å². The minimum atomic E-state index is 0.326. The number of nitrogens with one attached hydrogen (secondary N) is 1. The lowest BCUT2D eigenvalue weighted by Crippen LogP contribution is -2.41. The molecule has 1 heterocycles. The van der Waals surface area contributed by atoms with Crippen LogP contribution in [0.5, 0.6) is 0 Å². The Hall–Kier alpha value is -0.900. The van der Waals surface area contributed by atoms with Gasteiger partial charge in [-0.15, -0.1) is 0 Å². The van der Waals surface area contributed by atoms with Crippen molar-refractivity contribution in [3.8, 4) is 0 Å². The summed E-state index contributed by atoms with van der Waals surface area (Å²) in [6, 6.07) is 11.3. The average molecular weight is 290 g/mol. The Balaban J connectivity index is 1.86. The van der Waals surface area contributed by atoms with Gasteiger partial charge in [0.2, 0.25) is 0 Å². The second-order valence-corrected chi connectivity index (χ2v) is 7.14. The number of morpholine rings is 1. The van der Waals surface area contributed by atoms with Crippen LogP contribution in [0.4, 0.5) is 0 Å². The molecule has 0 bridgehead atoms. The third-order valence-corrected chi connectivity index (χ3v) is 3.94. The topological polar surface area (TPSA) is 24.5 Å². The van der Waals surface area contributed by atoms with Gasteiger partial charge in [0.1, 0.15) is 0 Å². The molecular weight excluding hydrogens is 260 g/mol. The molecule has 1 aliphatic rings. The van der Waals surface area contributed by atoms with E-state index in [1.54, 1.807) is 0 Å². The van der Waals surface area contributed by atoms with Gasteiger partial charge in [0, 0.05) is 32.2 Å². The molecule has 2 rings (SSSR count). The van der Waals surface area contributed by atoms with Crippen LogP contribution >= 0.6 is 0 Å². The van der Waals surface area contributed by atoms with E-state index >= 15 is 0 Å². The van der Waals surface area contributed by atoms with Crippen molar-refractivity contribution >= 4 is 0 Å². The number of rotatable bonds is 6. The molecule has 0 aromatic heterocycles. The van der Waals surface area contributed by atoms with Gasteiger partial charge < -0.3 is 10.1 Å². The molecule has 21 heavy (non-hydrogen) atoms. The lowest BCUT2D eigenvalue weighted by atomic mass is 9.85. The standard InChI is InChI=1S/C18H30N2O/c1-18(2,3)15-17(16-7-5-4-6-8-16)19-9-10-20-11-13-21-14-12-20/h4-8,17,19H,9-15H2,1-3H3. The van der Waals surface area contributed by atoms with Crippen molar-refractivity contribution in [1.29, 1.82) is 0 Å². The van der Waals surface area contributed by atoms with E-state index in [0.717, 1.165) is 45.8 Å². The fraction of sp³-hybridized carbons (Fsp3) is 0.667. The second-order valence-electron chi connectivity index (χ2n) is 7.14. The van der Waals surface area contributed by atoms with Crippen LogP contribution in [0.3, 0.4) is 0 Å². The highest BCUT2D eigenvalue weighted by atomic mass is 16.5. The molecule has 1 fully saturated rings. The summed E-state index contributed by atoms with van der Waals surface area (Å²) in [5.74, 6) is 0. The molecule has 1 atom stereocenters. The first-order chi connectivity index (χ1) is 10.0. The number of nitrogens with zero attached hydrogens (tertiary/aromatic N) is 1. The van der Waals surface area contributed by atoms with Crippen LogP contribution in [0.1, 0.15) is 38.8 Å². The third kappa shape index (κ3) is 6.16. The van der Waals surface area contributed by atoms with E-state index < -0.39 is 0 Å². The van der Waals surface area contributed by atoms with Crippen molar-refractivity contribution < 1.29 is 4.74 Å². The molecule has 1 aliphatic heterocycles. The zero-order valence-corrected chi connectivity index (χ0v) is 13.8. The summed E-state index contributed by atoms with van der Waals surface area (Å²) >= 11 is 0. The molecule has 0 amide bonds. The van der Waals surface area contributed by atoms with Crippen LogP contribution in [0, 0.1) is 5.41 Å². The van der Waals surface area contributed by atoms with Crippen molar-refractivity contribution in [2.45, 2.75) is 33.2 Å². The Labute approximate surface area is 129 Å². The van der Waals surface area contributed by atoms with Gasteiger partial charge in [-0.25, -0.2) is 0 Å². The molecule has 0 aliphatic carbocycles. The SMILES string of the molecule is CC(C)(C)CC(NCCN1CCOCC1)c1ccccc1. The predicted molar refractivity (Wildman–Crippen MR) is 88.5 cm³/mol. The summed E-state index contributed by atoms with van der Waals surface area (Å²) in [4.78, 5) is 2.48. The van der Waals surface area contributed by atoms with Gasteiger partial charge in [0.15, 0.2) is 0 Å². The van der Waals surface area contributed by atoms with Gasteiger partial charge in [-0.1, -0.05) is 51.1 Å². The summed E-state index contributed by atoms with van der Waals surface area (Å²) in [6.07, 6.45) is 1.15. The van der Waals surface area contributed by atoms with Gasteiger partial charge in [-0.3, -0.25) is 4.90 Å². The molecule has 0 saturated carbocycles. The third-order valence-electron chi connectivity index (χ3n) is 3.94. The summed E-state index contributed by atoms with van der Waals surface area (Å²) in [5.41, 5.74) is 1.72. The van der Waals surface area contributed by atoms with Crippen molar-refractivity contribution in [3.05, 3.63) is 35.9 Å². The maximum atomic E-state index is 5.40. The predicted octanol–water partition coefficient (Wildman–Crippen LogP) is 3.09. The smallest absolute Gasteiger partial charge is 0.0594 e. The summed E-state index contributed by atoms with van der Waals surface area (Å²) in [5, 5.41) is 3.76. The van der Waals surface area contributed by atoms with E-state index in [0.29, 0.717) is 11.5 Å². The molecule has 1 unspecified atom stereocenters. The number of benzene rings is 1. The van der Waals surface area contributed by atoms with Crippen LogP contribution in [0.2, 0.25) is 0 Å². The Morgan fingerprint density at radius 1 is 1.14 bits per heavy atom. The van der Waals surface area contributed by atoms with Gasteiger partial charge in [-0.05, 0) is 17.4 Å². The number of ether oxygens (including phenoxy) is 1. The van der Waals surface area contributed by atoms with Crippen molar-refractivity contribution in [2.75, 3.05) is 39.4 Å². The first kappa shape index (κ1) is 16.5. The molecule has 3 nitrogen and oxygen atoms in total. The molecule has 1 saturated heterocycles. The number of hydrogen-bond acceptors (Lipinski definition) is 3. The Morgan fingerprint density at radius 2 is 1.81 bits per heavy atom. The van der Waals surface area contributed by atoms with Gasteiger partial charge in [0.05, 0.1) is 13.2 Å². The summed E-state index contributed by atoms with van der Waals surface area (Å²) in [6.45, 7) is 13.0. The zero-order valence-electron chi connectivity index (χ0n) is 13.8. The van der Waals surface area contributed by atoms with E-state index in [1.165, 1.54) is 5.56 Å². The Morgan fingerprint density at radius 3 is 2.43 bits per heavy atom. The lowest BCUT2D eigenvalue weighted by Gasteiger charge is -2.30. The first-order valence-electron chi connectivity index (χ1n) is 8.13. The highest BCUT2D eigenvalue weighted by Crippen LogP contribution is 2.29. The average Bonchev–Trinajstić information content (AvgIpc) is 2.47. The lowest BCUT2D eigenvalue weighted by molar-refractivity contribution is 0.0379. The highest BCUT2D eigenvalue weighted by molar-refractivity contribution is 5.19. The molecule has 0 spiro atoms.